The number of amides is 2. The Labute approximate surface area is 213 Å². The van der Waals surface area contributed by atoms with Gasteiger partial charge in [-0.2, -0.15) is 0 Å². The minimum absolute atomic E-state index is 0.0860. The van der Waals surface area contributed by atoms with Crippen molar-refractivity contribution in [3.63, 3.8) is 0 Å². The summed E-state index contributed by atoms with van der Waals surface area (Å²) in [6.07, 6.45) is 0.389. The summed E-state index contributed by atoms with van der Waals surface area (Å²) in [6, 6.07) is 23.5. The summed E-state index contributed by atoms with van der Waals surface area (Å²) in [5.41, 5.74) is 2.25. The van der Waals surface area contributed by atoms with Gasteiger partial charge < -0.3 is 10.2 Å². The van der Waals surface area contributed by atoms with Crippen LogP contribution in [-0.4, -0.2) is 44.3 Å². The van der Waals surface area contributed by atoms with Gasteiger partial charge in [0.05, 0.1) is 10.6 Å². The van der Waals surface area contributed by atoms with Gasteiger partial charge in [-0.3, -0.25) is 13.9 Å². The highest BCUT2D eigenvalue weighted by Crippen LogP contribution is 2.24. The Balaban J connectivity index is 2.03. The molecule has 3 aromatic rings. The molecule has 7 nitrogen and oxygen atoms in total. The lowest BCUT2D eigenvalue weighted by Gasteiger charge is -2.33. The molecule has 1 atom stereocenters. The molecule has 3 rings (SSSR count). The van der Waals surface area contributed by atoms with Gasteiger partial charge in [-0.25, -0.2) is 8.42 Å². The molecule has 0 spiro atoms. The van der Waals surface area contributed by atoms with Gasteiger partial charge in [0.15, 0.2) is 0 Å². The molecule has 2 amide bonds. The standard InChI is InChI=1S/C28H33N3O4S/c1-4-26(28(33)29-5-2)30(20-23-15-13-12-14-22(23)3)27(32)21-31(24-16-8-6-9-17-24)36(34,35)25-18-10-7-11-19-25/h6-19,26H,4-5,20-21H2,1-3H3,(H,29,33)/t26-/m1/s1. The first kappa shape index (κ1) is 26.9. The number of aryl methyl sites for hydroxylation is 1. The Morgan fingerprint density at radius 3 is 2.03 bits per heavy atom. The molecule has 1 N–H and O–H groups in total. The maximum absolute atomic E-state index is 13.9. The van der Waals surface area contributed by atoms with Crippen LogP contribution in [0.2, 0.25) is 0 Å². The second-order valence-corrected chi connectivity index (χ2v) is 10.3. The predicted molar refractivity (Wildman–Crippen MR) is 142 cm³/mol. The van der Waals surface area contributed by atoms with Gasteiger partial charge in [-0.15, -0.1) is 0 Å². The van der Waals surface area contributed by atoms with Crippen molar-refractivity contribution in [3.8, 4) is 0 Å². The number of hydrogen-bond acceptors (Lipinski definition) is 4. The first-order chi connectivity index (χ1) is 17.3. The quantitative estimate of drug-likeness (QED) is 0.423. The number of anilines is 1. The van der Waals surface area contributed by atoms with Crippen LogP contribution in [0.25, 0.3) is 0 Å². The van der Waals surface area contributed by atoms with E-state index in [1.807, 2.05) is 45.0 Å². The third-order valence-corrected chi connectivity index (χ3v) is 7.78. The van der Waals surface area contributed by atoms with Gasteiger partial charge in [0.25, 0.3) is 10.0 Å². The summed E-state index contributed by atoms with van der Waals surface area (Å²) in [7, 11) is -4.04. The Kier molecular flexibility index (Phi) is 9.25. The molecule has 8 heteroatoms. The van der Waals surface area contributed by atoms with E-state index in [9.17, 15) is 18.0 Å². The average Bonchev–Trinajstić information content (AvgIpc) is 2.89. The van der Waals surface area contributed by atoms with E-state index in [2.05, 4.69) is 5.32 Å². The molecular formula is C28H33N3O4S. The zero-order valence-corrected chi connectivity index (χ0v) is 21.7. The van der Waals surface area contributed by atoms with Gasteiger partial charge in [0, 0.05) is 13.1 Å². The topological polar surface area (TPSA) is 86.8 Å². The van der Waals surface area contributed by atoms with Crippen LogP contribution in [-0.2, 0) is 26.2 Å². The first-order valence-electron chi connectivity index (χ1n) is 12.0. The van der Waals surface area contributed by atoms with E-state index in [0.717, 1.165) is 15.4 Å². The molecular weight excluding hydrogens is 474 g/mol. The summed E-state index contributed by atoms with van der Waals surface area (Å²) in [4.78, 5) is 28.4. The number of para-hydroxylation sites is 1. The Hall–Kier alpha value is -3.65. The molecule has 0 unspecified atom stereocenters. The number of sulfonamides is 1. The highest BCUT2D eigenvalue weighted by molar-refractivity contribution is 7.92. The number of likely N-dealkylation sites (N-methyl/N-ethyl adjacent to an activating group) is 1. The van der Waals surface area contributed by atoms with E-state index in [1.54, 1.807) is 48.5 Å². The van der Waals surface area contributed by atoms with Crippen LogP contribution in [0, 0.1) is 6.92 Å². The zero-order chi connectivity index (χ0) is 26.1. The number of carbonyl (C=O) groups excluding carboxylic acids is 2. The van der Waals surface area contributed by atoms with E-state index in [4.69, 9.17) is 0 Å². The molecule has 0 heterocycles. The van der Waals surface area contributed by atoms with Crippen LogP contribution in [0.4, 0.5) is 5.69 Å². The highest BCUT2D eigenvalue weighted by Gasteiger charge is 2.33. The lowest BCUT2D eigenvalue weighted by molar-refractivity contribution is -0.140. The van der Waals surface area contributed by atoms with E-state index in [0.29, 0.717) is 18.7 Å². The Bertz CT molecular complexity index is 1260. The highest BCUT2D eigenvalue weighted by atomic mass is 32.2. The molecule has 0 bridgehead atoms. The van der Waals surface area contributed by atoms with Gasteiger partial charge in [0.1, 0.15) is 12.6 Å². The SMILES string of the molecule is CCNC(=O)[C@@H](CC)N(Cc1ccccc1C)C(=O)CN(c1ccccc1)S(=O)(=O)c1ccccc1. The van der Waals surface area contributed by atoms with E-state index < -0.39 is 28.5 Å². The smallest absolute Gasteiger partial charge is 0.264 e. The summed E-state index contributed by atoms with van der Waals surface area (Å²) in [5.74, 6) is -0.723. The van der Waals surface area contributed by atoms with E-state index in [-0.39, 0.29) is 17.3 Å². The van der Waals surface area contributed by atoms with Crippen LogP contribution < -0.4 is 9.62 Å². The van der Waals surface area contributed by atoms with Gasteiger partial charge in [-0.05, 0) is 55.7 Å². The third kappa shape index (κ3) is 6.31. The van der Waals surface area contributed by atoms with Crippen molar-refractivity contribution in [1.29, 1.82) is 0 Å². The molecule has 0 aliphatic carbocycles. The number of hydrogen-bond donors (Lipinski definition) is 1. The molecule has 0 aliphatic rings. The van der Waals surface area contributed by atoms with Gasteiger partial charge in [-0.1, -0.05) is 67.6 Å². The molecule has 0 aliphatic heterocycles. The van der Waals surface area contributed by atoms with Crippen LogP contribution in [0.15, 0.2) is 89.8 Å². The number of nitrogens with one attached hydrogen (secondary N) is 1. The Morgan fingerprint density at radius 1 is 0.861 bits per heavy atom. The van der Waals surface area contributed by atoms with Crippen molar-refractivity contribution in [2.24, 2.45) is 0 Å². The van der Waals surface area contributed by atoms with Crippen molar-refractivity contribution >= 4 is 27.5 Å². The molecule has 0 saturated carbocycles. The maximum atomic E-state index is 13.9. The fourth-order valence-corrected chi connectivity index (χ4v) is 5.46. The summed E-state index contributed by atoms with van der Waals surface area (Å²) >= 11 is 0. The summed E-state index contributed by atoms with van der Waals surface area (Å²) < 4.78 is 28.4. The summed E-state index contributed by atoms with van der Waals surface area (Å²) in [6.45, 7) is 5.79. The maximum Gasteiger partial charge on any atom is 0.264 e. The lowest BCUT2D eigenvalue weighted by Crippen LogP contribution is -2.52. The second-order valence-electron chi connectivity index (χ2n) is 8.43. The monoisotopic (exact) mass is 507 g/mol. The second kappa shape index (κ2) is 12.4. The number of benzene rings is 3. The molecule has 3 aromatic carbocycles. The van der Waals surface area contributed by atoms with Crippen molar-refractivity contribution in [2.45, 2.75) is 44.7 Å². The first-order valence-corrected chi connectivity index (χ1v) is 13.5. The third-order valence-electron chi connectivity index (χ3n) is 5.99. The van der Waals surface area contributed by atoms with Crippen LogP contribution in [0.1, 0.15) is 31.4 Å². The van der Waals surface area contributed by atoms with Crippen LogP contribution >= 0.6 is 0 Å². The zero-order valence-electron chi connectivity index (χ0n) is 20.9. The fourth-order valence-electron chi connectivity index (χ4n) is 4.03. The van der Waals surface area contributed by atoms with E-state index in [1.165, 1.54) is 17.0 Å². The molecule has 190 valence electrons. The van der Waals surface area contributed by atoms with Crippen molar-refractivity contribution in [2.75, 3.05) is 17.4 Å². The lowest BCUT2D eigenvalue weighted by atomic mass is 10.1. The molecule has 0 aromatic heterocycles. The summed E-state index contributed by atoms with van der Waals surface area (Å²) in [5, 5.41) is 2.81. The largest absolute Gasteiger partial charge is 0.355 e. The molecule has 36 heavy (non-hydrogen) atoms. The van der Waals surface area contributed by atoms with Gasteiger partial charge >= 0.3 is 0 Å². The van der Waals surface area contributed by atoms with Gasteiger partial charge in [0.2, 0.25) is 11.8 Å². The predicted octanol–water partition coefficient (Wildman–Crippen LogP) is 4.13. The minimum atomic E-state index is -4.04. The average molecular weight is 508 g/mol. The van der Waals surface area contributed by atoms with E-state index >= 15 is 0 Å². The Morgan fingerprint density at radius 2 is 1.44 bits per heavy atom. The normalized spacial score (nSPS) is 12.0. The van der Waals surface area contributed by atoms with Crippen LogP contribution in [0.3, 0.4) is 0 Å². The van der Waals surface area contributed by atoms with Crippen LogP contribution in [0.5, 0.6) is 0 Å². The van der Waals surface area contributed by atoms with Crippen molar-refractivity contribution in [3.05, 3.63) is 96.1 Å². The number of carbonyl (C=O) groups is 2. The van der Waals surface area contributed by atoms with Crippen molar-refractivity contribution < 1.29 is 18.0 Å². The minimum Gasteiger partial charge on any atom is -0.355 e. The number of nitrogens with zero attached hydrogens (tertiary/aromatic N) is 2. The number of rotatable bonds is 11. The molecule has 0 fully saturated rings. The molecule has 0 radical (unpaired) electrons. The molecule has 0 saturated heterocycles. The van der Waals surface area contributed by atoms with Crippen molar-refractivity contribution in [1.82, 2.24) is 10.2 Å². The fraction of sp³-hybridized carbons (Fsp3) is 0.286.